The quantitative estimate of drug-likeness (QED) is 0.835. The van der Waals surface area contributed by atoms with Gasteiger partial charge in [0.15, 0.2) is 0 Å². The van der Waals surface area contributed by atoms with Crippen molar-refractivity contribution in [1.29, 1.82) is 0 Å². The molecule has 1 aromatic rings. The van der Waals surface area contributed by atoms with Gasteiger partial charge in [-0.05, 0) is 22.0 Å². The Bertz CT molecular complexity index is 381. The van der Waals surface area contributed by atoms with Crippen molar-refractivity contribution in [3.8, 4) is 0 Å². The lowest BCUT2D eigenvalue weighted by Crippen LogP contribution is -2.28. The molecule has 16 heavy (non-hydrogen) atoms. The smallest absolute Gasteiger partial charge is 0.0813 e. The molecule has 1 atom stereocenters. The van der Waals surface area contributed by atoms with E-state index >= 15 is 0 Å². The van der Waals surface area contributed by atoms with Gasteiger partial charge in [-0.25, -0.2) is 0 Å². The zero-order valence-electron chi connectivity index (χ0n) is 9.90. The van der Waals surface area contributed by atoms with Gasteiger partial charge >= 0.3 is 0 Å². The van der Waals surface area contributed by atoms with Crippen LogP contribution in [0.25, 0.3) is 0 Å². The summed E-state index contributed by atoms with van der Waals surface area (Å²) in [5.41, 5.74) is 1.39. The predicted molar refractivity (Wildman–Crippen MR) is 68.7 cm³/mol. The molecule has 0 saturated carbocycles. The molecule has 88 valence electrons. The molecule has 1 aliphatic heterocycles. The van der Waals surface area contributed by atoms with E-state index in [4.69, 9.17) is 4.74 Å². The first-order valence-corrected chi connectivity index (χ1v) is 6.21. The minimum atomic E-state index is 0.192. The Hall–Kier alpha value is -0.610. The topological polar surface area (TPSA) is 25.4 Å². The molecule has 1 saturated heterocycles. The molecule has 0 aromatic carbocycles. The average molecular weight is 285 g/mol. The average Bonchev–Trinajstić information content (AvgIpc) is 2.54. The predicted octanol–water partition coefficient (Wildman–Crippen LogP) is 2.71. The summed E-state index contributed by atoms with van der Waals surface area (Å²) in [4.78, 5) is 6.43. The maximum absolute atomic E-state index is 5.55. The van der Waals surface area contributed by atoms with Gasteiger partial charge in [-0.2, -0.15) is 0 Å². The second-order valence-electron chi connectivity index (χ2n) is 4.92. The highest BCUT2D eigenvalue weighted by Gasteiger charge is 2.40. The summed E-state index contributed by atoms with van der Waals surface area (Å²) in [5, 5.41) is 0. The third kappa shape index (κ3) is 2.09. The number of rotatable bonds is 2. The van der Waals surface area contributed by atoms with Crippen LogP contribution >= 0.6 is 15.9 Å². The van der Waals surface area contributed by atoms with E-state index in [1.165, 1.54) is 5.69 Å². The maximum Gasteiger partial charge on any atom is 0.0813 e. The minimum absolute atomic E-state index is 0.192. The molecule has 1 unspecified atom stereocenters. The fourth-order valence-electron chi connectivity index (χ4n) is 2.31. The third-order valence-electron chi connectivity index (χ3n) is 3.23. The van der Waals surface area contributed by atoms with Gasteiger partial charge in [0.05, 0.1) is 16.3 Å². The molecule has 0 bridgehead atoms. The summed E-state index contributed by atoms with van der Waals surface area (Å²) >= 11 is 3.54. The van der Waals surface area contributed by atoms with Gasteiger partial charge in [-0.3, -0.25) is 4.98 Å². The number of hydrogen-bond donors (Lipinski definition) is 0. The molecule has 3 nitrogen and oxygen atoms in total. The maximum atomic E-state index is 5.55. The molecule has 0 spiro atoms. The second kappa shape index (κ2) is 4.34. The lowest BCUT2D eigenvalue weighted by atomic mass is 9.90. The summed E-state index contributed by atoms with van der Waals surface area (Å²) in [5.74, 6) is 0. The first-order valence-electron chi connectivity index (χ1n) is 5.42. The van der Waals surface area contributed by atoms with E-state index in [9.17, 15) is 0 Å². The van der Waals surface area contributed by atoms with Crippen LogP contribution in [0, 0.1) is 5.41 Å². The van der Waals surface area contributed by atoms with Crippen LogP contribution in [-0.2, 0) is 4.74 Å². The largest absolute Gasteiger partial charge is 0.379 e. The molecule has 2 heterocycles. The number of aromatic nitrogens is 1. The fraction of sp³-hybridized carbons (Fsp3) is 0.583. The molecule has 1 aromatic heterocycles. The number of nitrogens with zero attached hydrogens (tertiary/aromatic N) is 2. The summed E-state index contributed by atoms with van der Waals surface area (Å²) in [6, 6.07) is 2.04. The van der Waals surface area contributed by atoms with Gasteiger partial charge in [0.2, 0.25) is 0 Å². The van der Waals surface area contributed by atoms with Crippen molar-refractivity contribution in [1.82, 2.24) is 4.98 Å². The molecule has 0 N–H and O–H groups in total. The van der Waals surface area contributed by atoms with Crippen molar-refractivity contribution < 1.29 is 4.74 Å². The Morgan fingerprint density at radius 3 is 2.88 bits per heavy atom. The number of halogens is 1. The van der Waals surface area contributed by atoms with Gasteiger partial charge < -0.3 is 9.64 Å². The molecule has 2 rings (SSSR count). The van der Waals surface area contributed by atoms with E-state index in [2.05, 4.69) is 39.7 Å². The molecular weight excluding hydrogens is 268 g/mol. The zero-order valence-corrected chi connectivity index (χ0v) is 11.5. The van der Waals surface area contributed by atoms with E-state index in [0.717, 1.165) is 17.6 Å². The molecule has 0 aliphatic carbocycles. The lowest BCUT2D eigenvalue weighted by molar-refractivity contribution is 0.0445. The standard InChI is InChI=1S/C12H17BrN2O/c1-12(2)8-15(7-11(12)16-3)10-4-5-14-6-9(10)13/h4-6,11H,7-8H2,1-3H3. The Labute approximate surface area is 105 Å². The Morgan fingerprint density at radius 2 is 2.31 bits per heavy atom. The molecule has 1 fully saturated rings. The Kier molecular flexibility index (Phi) is 3.22. The number of methoxy groups -OCH3 is 1. The SMILES string of the molecule is COC1CN(c2ccncc2Br)CC1(C)C. The highest BCUT2D eigenvalue weighted by Crippen LogP contribution is 2.36. The van der Waals surface area contributed by atoms with Crippen LogP contribution in [0.2, 0.25) is 0 Å². The molecule has 1 aliphatic rings. The van der Waals surface area contributed by atoms with Gasteiger partial charge in [0.25, 0.3) is 0 Å². The van der Waals surface area contributed by atoms with Crippen LogP contribution in [0.1, 0.15) is 13.8 Å². The summed E-state index contributed by atoms with van der Waals surface area (Å²) in [6.45, 7) is 6.44. The number of ether oxygens (including phenoxy) is 1. The highest BCUT2D eigenvalue weighted by atomic mass is 79.9. The van der Waals surface area contributed by atoms with Gasteiger partial charge in [-0.1, -0.05) is 13.8 Å². The summed E-state index contributed by atoms with van der Waals surface area (Å²) in [6.07, 6.45) is 3.95. The van der Waals surface area contributed by atoms with Gasteiger partial charge in [0, 0.05) is 38.0 Å². The van der Waals surface area contributed by atoms with Crippen molar-refractivity contribution in [2.75, 3.05) is 25.1 Å². The van der Waals surface area contributed by atoms with Gasteiger partial charge in [0.1, 0.15) is 0 Å². The first-order chi connectivity index (χ1) is 7.54. The monoisotopic (exact) mass is 284 g/mol. The van der Waals surface area contributed by atoms with Crippen molar-refractivity contribution >= 4 is 21.6 Å². The van der Waals surface area contributed by atoms with Crippen LogP contribution in [0.5, 0.6) is 0 Å². The number of hydrogen-bond acceptors (Lipinski definition) is 3. The van der Waals surface area contributed by atoms with Crippen LogP contribution < -0.4 is 4.90 Å². The van der Waals surface area contributed by atoms with Crippen LogP contribution in [0.15, 0.2) is 22.9 Å². The Morgan fingerprint density at radius 1 is 1.56 bits per heavy atom. The van der Waals surface area contributed by atoms with E-state index in [1.54, 1.807) is 7.11 Å². The van der Waals surface area contributed by atoms with E-state index < -0.39 is 0 Å². The van der Waals surface area contributed by atoms with Crippen molar-refractivity contribution in [3.05, 3.63) is 22.9 Å². The van der Waals surface area contributed by atoms with Crippen molar-refractivity contribution in [2.45, 2.75) is 20.0 Å². The summed E-state index contributed by atoms with van der Waals surface area (Å²) < 4.78 is 6.59. The highest BCUT2D eigenvalue weighted by molar-refractivity contribution is 9.10. The summed E-state index contributed by atoms with van der Waals surface area (Å²) in [7, 11) is 1.79. The lowest BCUT2D eigenvalue weighted by Gasteiger charge is -2.23. The van der Waals surface area contributed by atoms with Crippen LogP contribution in [0.3, 0.4) is 0 Å². The second-order valence-corrected chi connectivity index (χ2v) is 5.77. The van der Waals surface area contributed by atoms with E-state index in [0.29, 0.717) is 0 Å². The van der Waals surface area contributed by atoms with Crippen molar-refractivity contribution in [2.24, 2.45) is 5.41 Å². The molecule has 4 heteroatoms. The van der Waals surface area contributed by atoms with Crippen LogP contribution in [-0.4, -0.2) is 31.3 Å². The third-order valence-corrected chi connectivity index (χ3v) is 3.84. The molecule has 0 radical (unpaired) electrons. The number of anilines is 1. The molecular formula is C12H17BrN2O. The van der Waals surface area contributed by atoms with Crippen LogP contribution in [0.4, 0.5) is 5.69 Å². The van der Waals surface area contributed by atoms with E-state index in [1.807, 2.05) is 18.5 Å². The van der Waals surface area contributed by atoms with E-state index in [-0.39, 0.29) is 11.5 Å². The zero-order chi connectivity index (χ0) is 11.8. The normalized spacial score (nSPS) is 23.8. The minimum Gasteiger partial charge on any atom is -0.379 e. The van der Waals surface area contributed by atoms with Gasteiger partial charge in [-0.15, -0.1) is 0 Å². The Balaban J connectivity index is 2.23. The molecule has 0 amide bonds. The number of pyridine rings is 1. The van der Waals surface area contributed by atoms with Crippen molar-refractivity contribution in [3.63, 3.8) is 0 Å². The first kappa shape index (κ1) is 11.9. The fourth-order valence-corrected chi connectivity index (χ4v) is 2.81.